The maximum absolute atomic E-state index is 12.7. The molecular formula is C17H26F3N5O2S. The Labute approximate surface area is 166 Å². The number of hydrogen-bond acceptors (Lipinski definition) is 5. The highest BCUT2D eigenvalue weighted by molar-refractivity contribution is 7.09. The van der Waals surface area contributed by atoms with Gasteiger partial charge in [-0.15, -0.1) is 11.3 Å². The maximum Gasteiger partial charge on any atom is 0.434 e. The van der Waals surface area contributed by atoms with Crippen LogP contribution >= 0.6 is 11.3 Å². The number of aliphatic imine (C=N–C) groups is 1. The lowest BCUT2D eigenvalue weighted by Gasteiger charge is -2.23. The first-order valence-electron chi connectivity index (χ1n) is 9.02. The van der Waals surface area contributed by atoms with Gasteiger partial charge in [0.15, 0.2) is 11.7 Å². The second kappa shape index (κ2) is 8.97. The van der Waals surface area contributed by atoms with Gasteiger partial charge in [-0.25, -0.2) is 14.8 Å². The lowest BCUT2D eigenvalue weighted by atomic mass is 10.2. The number of hydrogen-bond donors (Lipinski definition) is 2. The molecule has 2 heterocycles. The molecule has 1 unspecified atom stereocenters. The number of amides is 1. The molecule has 1 saturated heterocycles. The van der Waals surface area contributed by atoms with Crippen LogP contribution in [0.1, 0.15) is 44.8 Å². The average Bonchev–Trinajstić information content (AvgIpc) is 3.18. The van der Waals surface area contributed by atoms with Crippen LogP contribution < -0.4 is 10.6 Å². The van der Waals surface area contributed by atoms with Crippen molar-refractivity contribution >= 4 is 23.4 Å². The van der Waals surface area contributed by atoms with E-state index in [1.165, 1.54) is 0 Å². The number of halogens is 3. The van der Waals surface area contributed by atoms with Crippen LogP contribution in [-0.4, -0.2) is 53.2 Å². The smallest absolute Gasteiger partial charge is 0.434 e. The molecule has 11 heteroatoms. The number of rotatable bonds is 4. The third kappa shape index (κ3) is 6.84. The zero-order valence-corrected chi connectivity index (χ0v) is 17.2. The van der Waals surface area contributed by atoms with Crippen molar-refractivity contribution in [3.05, 3.63) is 16.1 Å². The number of carbonyl (C=O) groups is 1. The van der Waals surface area contributed by atoms with Gasteiger partial charge in [0.2, 0.25) is 0 Å². The molecule has 1 fully saturated rings. The summed E-state index contributed by atoms with van der Waals surface area (Å²) < 4.78 is 43.2. The minimum atomic E-state index is -4.45. The number of aromatic nitrogens is 1. The topological polar surface area (TPSA) is 78.9 Å². The molecule has 7 nitrogen and oxygen atoms in total. The first kappa shape index (κ1) is 22.3. The van der Waals surface area contributed by atoms with E-state index in [-0.39, 0.29) is 12.6 Å². The minimum Gasteiger partial charge on any atom is -0.444 e. The molecule has 158 valence electrons. The highest BCUT2D eigenvalue weighted by Gasteiger charge is 2.33. The number of nitrogens with zero attached hydrogens (tertiary/aromatic N) is 3. The number of ether oxygens (including phenoxy) is 1. The molecule has 1 aliphatic heterocycles. The molecule has 0 aromatic carbocycles. The lowest BCUT2D eigenvalue weighted by Crippen LogP contribution is -2.44. The van der Waals surface area contributed by atoms with Crippen molar-refractivity contribution in [3.63, 3.8) is 0 Å². The largest absolute Gasteiger partial charge is 0.444 e. The molecule has 0 saturated carbocycles. The molecule has 28 heavy (non-hydrogen) atoms. The maximum atomic E-state index is 12.7. The summed E-state index contributed by atoms with van der Waals surface area (Å²) >= 11 is 0.935. The van der Waals surface area contributed by atoms with E-state index in [1.54, 1.807) is 20.8 Å². The van der Waals surface area contributed by atoms with Gasteiger partial charge in [-0.2, -0.15) is 13.2 Å². The fourth-order valence-electron chi connectivity index (χ4n) is 2.63. The van der Waals surface area contributed by atoms with Gasteiger partial charge in [0.25, 0.3) is 0 Å². The third-order valence-corrected chi connectivity index (χ3v) is 4.58. The molecule has 1 aliphatic rings. The predicted molar refractivity (Wildman–Crippen MR) is 101 cm³/mol. The Morgan fingerprint density at radius 3 is 2.71 bits per heavy atom. The summed E-state index contributed by atoms with van der Waals surface area (Å²) in [6.45, 7) is 9.18. The van der Waals surface area contributed by atoms with Gasteiger partial charge >= 0.3 is 12.3 Å². The van der Waals surface area contributed by atoms with Crippen molar-refractivity contribution in [1.29, 1.82) is 0 Å². The molecular weight excluding hydrogens is 395 g/mol. The number of alkyl carbamates (subject to hydrolysis) is 1. The summed E-state index contributed by atoms with van der Waals surface area (Å²) in [5, 5.41) is 7.26. The summed E-state index contributed by atoms with van der Waals surface area (Å²) in [4.78, 5) is 21.9. The molecule has 1 aromatic rings. The number of carbonyl (C=O) groups excluding carboxylic acids is 1. The fourth-order valence-corrected chi connectivity index (χ4v) is 3.35. The second-order valence-corrected chi connectivity index (χ2v) is 8.31. The van der Waals surface area contributed by atoms with Crippen molar-refractivity contribution < 1.29 is 22.7 Å². The van der Waals surface area contributed by atoms with E-state index in [0.29, 0.717) is 30.6 Å². The Hall–Kier alpha value is -2.04. The number of nitrogens with one attached hydrogen (secondary N) is 2. The highest BCUT2D eigenvalue weighted by atomic mass is 32.1. The van der Waals surface area contributed by atoms with Gasteiger partial charge in [0.05, 0.1) is 12.6 Å². The van der Waals surface area contributed by atoms with Gasteiger partial charge in [-0.1, -0.05) is 0 Å². The van der Waals surface area contributed by atoms with Gasteiger partial charge in [0.1, 0.15) is 10.6 Å². The van der Waals surface area contributed by atoms with E-state index in [1.807, 2.05) is 11.8 Å². The van der Waals surface area contributed by atoms with Gasteiger partial charge in [-0.05, 0) is 34.1 Å². The van der Waals surface area contributed by atoms with E-state index in [2.05, 4.69) is 20.6 Å². The zero-order valence-electron chi connectivity index (χ0n) is 16.4. The van der Waals surface area contributed by atoms with Crippen LogP contribution in [0.2, 0.25) is 0 Å². The summed E-state index contributed by atoms with van der Waals surface area (Å²) in [5.41, 5.74) is -1.46. The van der Waals surface area contributed by atoms with Crippen molar-refractivity contribution in [2.24, 2.45) is 4.99 Å². The van der Waals surface area contributed by atoms with Crippen LogP contribution in [0.15, 0.2) is 10.4 Å². The van der Waals surface area contributed by atoms with E-state index in [4.69, 9.17) is 4.74 Å². The third-order valence-electron chi connectivity index (χ3n) is 3.75. The first-order chi connectivity index (χ1) is 13.0. The fraction of sp³-hybridized carbons (Fsp3) is 0.706. The Kier molecular flexibility index (Phi) is 7.13. The Balaban J connectivity index is 1.95. The Morgan fingerprint density at radius 1 is 1.43 bits per heavy atom. The van der Waals surface area contributed by atoms with Crippen molar-refractivity contribution in [3.8, 4) is 0 Å². The van der Waals surface area contributed by atoms with Crippen molar-refractivity contribution in [2.45, 2.75) is 58.5 Å². The molecule has 1 aromatic heterocycles. The van der Waals surface area contributed by atoms with Crippen molar-refractivity contribution in [1.82, 2.24) is 20.5 Å². The average molecular weight is 421 g/mol. The molecule has 0 bridgehead atoms. The highest BCUT2D eigenvalue weighted by Crippen LogP contribution is 2.30. The van der Waals surface area contributed by atoms with Gasteiger partial charge in [0, 0.05) is 25.0 Å². The summed E-state index contributed by atoms with van der Waals surface area (Å²) in [5.74, 6) is 0.583. The monoisotopic (exact) mass is 421 g/mol. The Morgan fingerprint density at radius 2 is 2.14 bits per heavy atom. The molecule has 2 N–H and O–H groups in total. The molecule has 1 atom stereocenters. The molecule has 0 spiro atoms. The van der Waals surface area contributed by atoms with Gasteiger partial charge in [-0.3, -0.25) is 0 Å². The van der Waals surface area contributed by atoms with E-state index in [0.717, 1.165) is 23.1 Å². The molecule has 0 radical (unpaired) electrons. The quantitative estimate of drug-likeness (QED) is 0.577. The number of alkyl halides is 3. The van der Waals surface area contributed by atoms with E-state index >= 15 is 0 Å². The number of guanidine groups is 1. The number of likely N-dealkylation sites (tertiary alicyclic amines) is 1. The summed E-state index contributed by atoms with van der Waals surface area (Å²) in [6.07, 6.45) is -4.19. The van der Waals surface area contributed by atoms with Crippen LogP contribution in [0.5, 0.6) is 0 Å². The van der Waals surface area contributed by atoms with Crippen molar-refractivity contribution in [2.75, 3.05) is 19.6 Å². The van der Waals surface area contributed by atoms with Crippen LogP contribution in [-0.2, 0) is 17.5 Å². The van der Waals surface area contributed by atoms with E-state index in [9.17, 15) is 18.0 Å². The van der Waals surface area contributed by atoms with Crippen LogP contribution in [0.25, 0.3) is 0 Å². The lowest BCUT2D eigenvalue weighted by molar-refractivity contribution is -0.140. The molecule has 0 aliphatic carbocycles. The summed E-state index contributed by atoms with van der Waals surface area (Å²) in [6, 6.07) is -0.0876. The minimum absolute atomic E-state index is 0.0593. The normalized spacial score (nSPS) is 18.3. The standard InChI is InChI=1S/C17H26F3N5O2S/c1-5-21-14(22-8-13-24-12(10-28-13)17(18,19)20)25-7-6-11(9-25)23-15(26)27-16(2,3)4/h10-11H,5-9H2,1-4H3,(H,21,22)(H,23,26). The van der Waals surface area contributed by atoms with Crippen LogP contribution in [0.4, 0.5) is 18.0 Å². The number of thiazole rings is 1. The molecule has 1 amide bonds. The van der Waals surface area contributed by atoms with E-state index < -0.39 is 23.6 Å². The van der Waals surface area contributed by atoms with Crippen LogP contribution in [0.3, 0.4) is 0 Å². The zero-order chi connectivity index (χ0) is 20.9. The molecule has 2 rings (SSSR count). The van der Waals surface area contributed by atoms with Crippen LogP contribution in [0, 0.1) is 0 Å². The summed E-state index contributed by atoms with van der Waals surface area (Å²) in [7, 11) is 0. The van der Waals surface area contributed by atoms with Gasteiger partial charge < -0.3 is 20.3 Å². The second-order valence-electron chi connectivity index (χ2n) is 7.37. The Bertz CT molecular complexity index is 700. The SMILES string of the molecule is CCNC(=NCc1nc(C(F)(F)F)cs1)N1CCC(NC(=O)OC(C)(C)C)C1. The first-order valence-corrected chi connectivity index (χ1v) is 9.90. The predicted octanol–water partition coefficient (Wildman–Crippen LogP) is 3.23.